The first-order chi connectivity index (χ1) is 27.8. The molecule has 298 valence electrons. The average Bonchev–Trinajstić information content (AvgIpc) is 3.82. The van der Waals surface area contributed by atoms with Gasteiger partial charge >= 0.3 is 12.1 Å². The normalized spacial score (nSPS) is 15.8. The number of piperazine rings is 2. The molecule has 0 unspecified atom stereocenters. The maximum atomic E-state index is 15.1. The summed E-state index contributed by atoms with van der Waals surface area (Å²) in [6.07, 6.45) is -4.51. The largest absolute Gasteiger partial charge is 0.418 e. The second kappa shape index (κ2) is 15.3. The van der Waals surface area contributed by atoms with Crippen molar-refractivity contribution in [3.8, 4) is 11.4 Å². The summed E-state index contributed by atoms with van der Waals surface area (Å²) < 4.78 is 45.6. The van der Waals surface area contributed by atoms with Crippen LogP contribution in [0.4, 0.5) is 30.2 Å². The van der Waals surface area contributed by atoms with Crippen LogP contribution in [0.2, 0.25) is 0 Å². The molecule has 0 bridgehead atoms. The van der Waals surface area contributed by atoms with Crippen molar-refractivity contribution in [2.24, 2.45) is 0 Å². The Bertz CT molecular complexity index is 2470. The van der Waals surface area contributed by atoms with Gasteiger partial charge in [-0.05, 0) is 99.5 Å². The van der Waals surface area contributed by atoms with Gasteiger partial charge in [0.1, 0.15) is 24.5 Å². The second-order valence-electron chi connectivity index (χ2n) is 15.4. The Morgan fingerprint density at radius 2 is 1.14 bits per heavy atom. The highest BCUT2D eigenvalue weighted by molar-refractivity contribution is 6.02. The number of hydrogen-bond acceptors (Lipinski definition) is 6. The maximum absolute atomic E-state index is 15.1. The molecule has 10 nitrogen and oxygen atoms in total. The number of alkyl halides is 3. The first-order valence-corrected chi connectivity index (χ1v) is 19.6. The van der Waals surface area contributed by atoms with E-state index in [9.17, 15) is 18.0 Å². The van der Waals surface area contributed by atoms with Crippen molar-refractivity contribution in [2.75, 3.05) is 62.2 Å². The Balaban J connectivity index is 1.05. The summed E-state index contributed by atoms with van der Waals surface area (Å²) in [6.45, 7) is 11.0. The Labute approximate surface area is 335 Å². The fourth-order valence-corrected chi connectivity index (χ4v) is 8.33. The van der Waals surface area contributed by atoms with Gasteiger partial charge in [0.05, 0.1) is 41.4 Å². The molecule has 6 aromatic rings. The van der Waals surface area contributed by atoms with E-state index in [4.69, 9.17) is 5.10 Å². The fourth-order valence-electron chi connectivity index (χ4n) is 8.33. The Morgan fingerprint density at radius 1 is 0.586 bits per heavy atom. The SMILES string of the molecule is Cc1cccc(-n2nc(C)cc2C(=O)N2CCN(c3ccc([N+]4(C(=O)c5cc(C)nn5-c5cccc(C)c5)CCN(c5ccccc5C(F)(F)F)CC4)cc3)CC2)c1. The molecule has 0 aliphatic carbocycles. The van der Waals surface area contributed by atoms with Gasteiger partial charge in [0.2, 0.25) is 0 Å². The van der Waals surface area contributed by atoms with Crippen LogP contribution in [0.5, 0.6) is 0 Å². The van der Waals surface area contributed by atoms with Crippen molar-refractivity contribution in [1.82, 2.24) is 28.9 Å². The molecule has 0 atom stereocenters. The summed E-state index contributed by atoms with van der Waals surface area (Å²) >= 11 is 0. The van der Waals surface area contributed by atoms with Crippen LogP contribution >= 0.6 is 0 Å². The van der Waals surface area contributed by atoms with Crippen LogP contribution in [-0.2, 0) is 6.18 Å². The number of aryl methyl sites for hydroxylation is 4. The van der Waals surface area contributed by atoms with Crippen LogP contribution in [0.1, 0.15) is 49.1 Å². The molecule has 0 saturated carbocycles. The van der Waals surface area contributed by atoms with Crippen LogP contribution in [0.15, 0.2) is 109 Å². The van der Waals surface area contributed by atoms with Gasteiger partial charge < -0.3 is 14.7 Å². The lowest BCUT2D eigenvalue weighted by Crippen LogP contribution is -2.64. The number of amides is 2. The van der Waals surface area contributed by atoms with Gasteiger partial charge in [0, 0.05) is 49.7 Å². The number of rotatable bonds is 7. The average molecular weight is 788 g/mol. The molecular formula is C45H46F3N8O2+. The van der Waals surface area contributed by atoms with E-state index < -0.39 is 11.7 Å². The number of nitrogens with zero attached hydrogens (tertiary/aromatic N) is 8. The third-order valence-electron chi connectivity index (χ3n) is 11.3. The zero-order valence-corrected chi connectivity index (χ0v) is 33.1. The van der Waals surface area contributed by atoms with E-state index in [1.54, 1.807) is 26.4 Å². The lowest BCUT2D eigenvalue weighted by Gasteiger charge is -2.43. The number of carbonyl (C=O) groups is 2. The highest BCUT2D eigenvalue weighted by Crippen LogP contribution is 2.39. The summed E-state index contributed by atoms with van der Waals surface area (Å²) in [5.74, 6) is -0.245. The van der Waals surface area contributed by atoms with Gasteiger partial charge in [0.15, 0.2) is 5.69 Å². The van der Waals surface area contributed by atoms with E-state index in [0.29, 0.717) is 43.3 Å². The van der Waals surface area contributed by atoms with Crippen LogP contribution in [0.25, 0.3) is 11.4 Å². The van der Waals surface area contributed by atoms with E-state index in [-0.39, 0.29) is 48.2 Å². The third-order valence-corrected chi connectivity index (χ3v) is 11.3. The van der Waals surface area contributed by atoms with Crippen LogP contribution in [-0.4, -0.2) is 88.6 Å². The molecule has 2 fully saturated rings. The first kappa shape index (κ1) is 38.7. The molecule has 2 amide bonds. The predicted molar refractivity (Wildman–Crippen MR) is 220 cm³/mol. The number of hydrogen-bond donors (Lipinski definition) is 0. The minimum Gasteiger partial charge on any atom is -0.368 e. The van der Waals surface area contributed by atoms with Crippen molar-refractivity contribution in [3.05, 3.63) is 149 Å². The summed E-state index contributed by atoms with van der Waals surface area (Å²) in [7, 11) is 0. The molecule has 2 aromatic heterocycles. The number of halogens is 3. The topological polar surface area (TPSA) is 79.5 Å². The predicted octanol–water partition coefficient (Wildman–Crippen LogP) is 7.94. The van der Waals surface area contributed by atoms with E-state index in [2.05, 4.69) is 10.00 Å². The molecule has 4 heterocycles. The van der Waals surface area contributed by atoms with Crippen molar-refractivity contribution in [1.29, 1.82) is 0 Å². The zero-order valence-electron chi connectivity index (χ0n) is 33.1. The van der Waals surface area contributed by atoms with Crippen LogP contribution < -0.4 is 14.3 Å². The molecule has 58 heavy (non-hydrogen) atoms. The molecule has 4 aromatic carbocycles. The molecule has 2 aliphatic rings. The number of benzene rings is 4. The van der Waals surface area contributed by atoms with Gasteiger partial charge in [-0.25, -0.2) is 18.6 Å². The number of para-hydroxylation sites is 1. The van der Waals surface area contributed by atoms with E-state index in [1.165, 1.54) is 12.1 Å². The quantitative estimate of drug-likeness (QED) is 0.153. The van der Waals surface area contributed by atoms with Gasteiger partial charge in [-0.3, -0.25) is 4.79 Å². The molecule has 0 radical (unpaired) electrons. The number of aromatic nitrogens is 4. The molecule has 2 aliphatic heterocycles. The lowest BCUT2D eigenvalue weighted by atomic mass is 10.1. The lowest BCUT2D eigenvalue weighted by molar-refractivity contribution is -0.137. The molecular weight excluding hydrogens is 742 g/mol. The Kier molecular flexibility index (Phi) is 10.2. The summed E-state index contributed by atoms with van der Waals surface area (Å²) in [5.41, 5.74) is 7.24. The van der Waals surface area contributed by atoms with Crippen LogP contribution in [0, 0.1) is 27.7 Å². The summed E-state index contributed by atoms with van der Waals surface area (Å²) in [6, 6.07) is 32.9. The third kappa shape index (κ3) is 7.37. The minimum absolute atomic E-state index is 0.0702. The van der Waals surface area contributed by atoms with Crippen molar-refractivity contribution >= 4 is 28.9 Å². The van der Waals surface area contributed by atoms with Crippen LogP contribution in [0.3, 0.4) is 0 Å². The highest BCUT2D eigenvalue weighted by Gasteiger charge is 2.46. The summed E-state index contributed by atoms with van der Waals surface area (Å²) in [5, 5.41) is 9.34. The smallest absolute Gasteiger partial charge is 0.368 e. The maximum Gasteiger partial charge on any atom is 0.418 e. The van der Waals surface area contributed by atoms with Gasteiger partial charge in [0.25, 0.3) is 5.91 Å². The second-order valence-corrected chi connectivity index (χ2v) is 15.4. The zero-order chi connectivity index (χ0) is 40.8. The standard InChI is InChI=1S/C45H46F3N8O2/c1-31-9-7-11-36(27-31)54-41(29-33(3)49-54)43(57)53-21-19-51(20-22-53)35-15-17-38(18-16-35)56(25-23-52(24-26-56)40-14-6-5-13-39(40)45(46,47)48)44(58)42-30-34(4)50-55(42)37-12-8-10-32(2)28-37/h5-18,27-30H,19-26H2,1-4H3/q+1. The highest BCUT2D eigenvalue weighted by atomic mass is 19.4. The molecule has 2 saturated heterocycles. The van der Waals surface area contributed by atoms with E-state index in [1.807, 2.05) is 111 Å². The minimum atomic E-state index is -4.51. The number of quaternary nitrogens is 1. The van der Waals surface area contributed by atoms with E-state index >= 15 is 4.79 Å². The van der Waals surface area contributed by atoms with Gasteiger partial charge in [-0.15, -0.1) is 0 Å². The van der Waals surface area contributed by atoms with E-state index in [0.717, 1.165) is 45.6 Å². The number of anilines is 2. The fraction of sp³-hybridized carbons (Fsp3) is 0.289. The first-order valence-electron chi connectivity index (χ1n) is 19.6. The van der Waals surface area contributed by atoms with Crippen molar-refractivity contribution < 1.29 is 22.8 Å². The Morgan fingerprint density at radius 3 is 1.71 bits per heavy atom. The van der Waals surface area contributed by atoms with Gasteiger partial charge in [-0.2, -0.15) is 23.4 Å². The molecule has 8 rings (SSSR count). The molecule has 0 spiro atoms. The summed E-state index contributed by atoms with van der Waals surface area (Å²) in [4.78, 5) is 34.7. The Hall–Kier alpha value is -6.21. The number of carbonyl (C=O) groups excluding carboxylic acids is 2. The monoisotopic (exact) mass is 787 g/mol. The molecule has 13 heteroatoms. The van der Waals surface area contributed by atoms with Crippen molar-refractivity contribution in [3.63, 3.8) is 0 Å². The molecule has 0 N–H and O–H groups in total. The van der Waals surface area contributed by atoms with Crippen molar-refractivity contribution in [2.45, 2.75) is 33.9 Å². The van der Waals surface area contributed by atoms with Gasteiger partial charge in [-0.1, -0.05) is 36.4 Å².